The summed E-state index contributed by atoms with van der Waals surface area (Å²) in [7, 11) is 0. The molecule has 0 aliphatic heterocycles. The minimum atomic E-state index is -1.17. The summed E-state index contributed by atoms with van der Waals surface area (Å²) in [6.45, 7) is 2.55. The Morgan fingerprint density at radius 2 is 1.59 bits per heavy atom. The van der Waals surface area contributed by atoms with Crippen molar-refractivity contribution in [1.29, 1.82) is 0 Å². The van der Waals surface area contributed by atoms with Crippen molar-refractivity contribution in [2.75, 3.05) is 13.2 Å². The molecule has 4 nitrogen and oxygen atoms in total. The van der Waals surface area contributed by atoms with Gasteiger partial charge in [0.05, 0.1) is 12.7 Å². The molecule has 0 aliphatic carbocycles. The number of benzene rings is 2. The molecule has 0 heterocycles. The minimum Gasteiger partial charge on any atom is -0.337 e. The lowest BCUT2D eigenvalue weighted by Crippen LogP contribution is -2.45. The van der Waals surface area contributed by atoms with Gasteiger partial charge in [-0.15, -0.1) is 0 Å². The first-order valence-electron chi connectivity index (χ1n) is 7.50. The number of hydrogen-bond donors (Lipinski definition) is 2. The molecular formula is C18H24N2O2. The van der Waals surface area contributed by atoms with Crippen molar-refractivity contribution < 1.29 is 9.47 Å². The lowest BCUT2D eigenvalue weighted by Gasteiger charge is -2.30. The molecule has 0 radical (unpaired) electrons. The molecule has 0 aliphatic rings. The first-order chi connectivity index (χ1) is 10.6. The molecule has 4 heteroatoms. The van der Waals surface area contributed by atoms with Crippen LogP contribution in [0, 0.1) is 0 Å². The second kappa shape index (κ2) is 8.06. The van der Waals surface area contributed by atoms with Gasteiger partial charge in [-0.2, -0.15) is 0 Å². The van der Waals surface area contributed by atoms with Crippen LogP contribution in [0.15, 0.2) is 60.7 Å². The standard InChI is InChI=1S/C18H24N2O2/c1-18(20,21-13-12-15-8-4-2-5-9-15)22-17(14-19)16-10-6-3-7-11-16/h2-11,17H,12-14,19-20H2,1H3. The maximum absolute atomic E-state index is 6.09. The van der Waals surface area contributed by atoms with E-state index in [2.05, 4.69) is 12.1 Å². The quantitative estimate of drug-likeness (QED) is 0.735. The zero-order chi connectivity index (χ0) is 15.8. The van der Waals surface area contributed by atoms with Crippen LogP contribution in [0.4, 0.5) is 0 Å². The van der Waals surface area contributed by atoms with Gasteiger partial charge in [-0.05, 0) is 17.5 Å². The molecule has 0 saturated heterocycles. The van der Waals surface area contributed by atoms with Gasteiger partial charge in [0.25, 0.3) is 0 Å². The van der Waals surface area contributed by atoms with Crippen LogP contribution >= 0.6 is 0 Å². The summed E-state index contributed by atoms with van der Waals surface area (Å²) < 4.78 is 11.5. The van der Waals surface area contributed by atoms with Crippen LogP contribution in [0.5, 0.6) is 0 Å². The van der Waals surface area contributed by atoms with Crippen molar-refractivity contribution in [3.05, 3.63) is 71.8 Å². The maximum atomic E-state index is 6.09. The van der Waals surface area contributed by atoms with Crippen molar-refractivity contribution in [2.24, 2.45) is 11.5 Å². The average Bonchev–Trinajstić information content (AvgIpc) is 2.54. The van der Waals surface area contributed by atoms with Crippen LogP contribution in [0.1, 0.15) is 24.2 Å². The molecular weight excluding hydrogens is 276 g/mol. The highest BCUT2D eigenvalue weighted by Crippen LogP contribution is 2.21. The average molecular weight is 300 g/mol. The fourth-order valence-corrected chi connectivity index (χ4v) is 2.25. The fraction of sp³-hybridized carbons (Fsp3) is 0.333. The van der Waals surface area contributed by atoms with Gasteiger partial charge in [0.2, 0.25) is 5.91 Å². The van der Waals surface area contributed by atoms with E-state index in [9.17, 15) is 0 Å². The van der Waals surface area contributed by atoms with Gasteiger partial charge in [0, 0.05) is 13.5 Å². The van der Waals surface area contributed by atoms with E-state index in [-0.39, 0.29) is 6.10 Å². The maximum Gasteiger partial charge on any atom is 0.222 e. The summed E-state index contributed by atoms with van der Waals surface area (Å²) in [6.07, 6.45) is 0.503. The van der Waals surface area contributed by atoms with E-state index in [0.717, 1.165) is 12.0 Å². The van der Waals surface area contributed by atoms with Crippen LogP contribution in [-0.2, 0) is 15.9 Å². The van der Waals surface area contributed by atoms with Crippen LogP contribution in [0.3, 0.4) is 0 Å². The molecule has 2 aromatic carbocycles. The molecule has 2 unspecified atom stereocenters. The van der Waals surface area contributed by atoms with Gasteiger partial charge in [-0.25, -0.2) is 0 Å². The molecule has 2 atom stereocenters. The number of ether oxygens (including phenoxy) is 2. The molecule has 0 spiro atoms. The lowest BCUT2D eigenvalue weighted by atomic mass is 10.1. The van der Waals surface area contributed by atoms with Crippen molar-refractivity contribution in [1.82, 2.24) is 0 Å². The highest BCUT2D eigenvalue weighted by Gasteiger charge is 2.25. The highest BCUT2D eigenvalue weighted by molar-refractivity contribution is 5.18. The second-order valence-electron chi connectivity index (χ2n) is 5.35. The Morgan fingerprint density at radius 1 is 1.00 bits per heavy atom. The molecule has 0 aromatic heterocycles. The molecule has 0 bridgehead atoms. The largest absolute Gasteiger partial charge is 0.337 e. The van der Waals surface area contributed by atoms with E-state index in [1.807, 2.05) is 48.5 Å². The Bertz CT molecular complexity index is 544. The van der Waals surface area contributed by atoms with E-state index in [4.69, 9.17) is 20.9 Å². The summed E-state index contributed by atoms with van der Waals surface area (Å²) in [5.74, 6) is -1.17. The molecule has 0 fully saturated rings. The monoisotopic (exact) mass is 300 g/mol. The summed E-state index contributed by atoms with van der Waals surface area (Å²) in [4.78, 5) is 0. The molecule has 2 aromatic rings. The Balaban J connectivity index is 1.86. The second-order valence-corrected chi connectivity index (χ2v) is 5.35. The minimum absolute atomic E-state index is 0.284. The zero-order valence-corrected chi connectivity index (χ0v) is 12.9. The Kier molecular flexibility index (Phi) is 6.10. The van der Waals surface area contributed by atoms with Crippen LogP contribution in [-0.4, -0.2) is 19.1 Å². The Morgan fingerprint density at radius 3 is 2.18 bits per heavy atom. The lowest BCUT2D eigenvalue weighted by molar-refractivity contribution is -0.245. The molecule has 4 N–H and O–H groups in total. The normalized spacial score (nSPS) is 15.2. The Hall–Kier alpha value is -1.72. The first-order valence-corrected chi connectivity index (χ1v) is 7.50. The molecule has 118 valence electrons. The highest BCUT2D eigenvalue weighted by atomic mass is 16.7. The summed E-state index contributed by atoms with van der Waals surface area (Å²) >= 11 is 0. The topological polar surface area (TPSA) is 70.5 Å². The van der Waals surface area contributed by atoms with Gasteiger partial charge in [0.1, 0.15) is 0 Å². The van der Waals surface area contributed by atoms with Crippen molar-refractivity contribution in [3.8, 4) is 0 Å². The van der Waals surface area contributed by atoms with Crippen molar-refractivity contribution in [2.45, 2.75) is 25.4 Å². The van der Waals surface area contributed by atoms with Crippen molar-refractivity contribution >= 4 is 0 Å². The fourth-order valence-electron chi connectivity index (χ4n) is 2.25. The number of rotatable bonds is 8. The third-order valence-electron chi connectivity index (χ3n) is 3.38. The van der Waals surface area contributed by atoms with Crippen LogP contribution in [0.2, 0.25) is 0 Å². The van der Waals surface area contributed by atoms with Gasteiger partial charge in [0.15, 0.2) is 0 Å². The van der Waals surface area contributed by atoms with E-state index in [1.54, 1.807) is 6.92 Å². The van der Waals surface area contributed by atoms with Gasteiger partial charge in [-0.1, -0.05) is 60.7 Å². The third-order valence-corrected chi connectivity index (χ3v) is 3.38. The number of hydrogen-bond acceptors (Lipinski definition) is 4. The van der Waals surface area contributed by atoms with Gasteiger partial charge < -0.3 is 15.2 Å². The molecule has 0 amide bonds. The Labute approximate surface area is 132 Å². The number of nitrogens with two attached hydrogens (primary N) is 2. The van der Waals surface area contributed by atoms with E-state index in [0.29, 0.717) is 13.2 Å². The van der Waals surface area contributed by atoms with Crippen LogP contribution < -0.4 is 11.5 Å². The zero-order valence-electron chi connectivity index (χ0n) is 12.9. The summed E-state index contributed by atoms with van der Waals surface area (Å²) in [5, 5.41) is 0. The van der Waals surface area contributed by atoms with Gasteiger partial charge >= 0.3 is 0 Å². The smallest absolute Gasteiger partial charge is 0.222 e. The van der Waals surface area contributed by atoms with Gasteiger partial charge in [-0.3, -0.25) is 5.73 Å². The van der Waals surface area contributed by atoms with E-state index in [1.165, 1.54) is 5.56 Å². The van der Waals surface area contributed by atoms with E-state index >= 15 is 0 Å². The summed E-state index contributed by atoms with van der Waals surface area (Å²) in [6, 6.07) is 19.9. The van der Waals surface area contributed by atoms with E-state index < -0.39 is 5.91 Å². The molecule has 2 rings (SSSR count). The molecule has 22 heavy (non-hydrogen) atoms. The summed E-state index contributed by atoms with van der Waals surface area (Å²) in [5.41, 5.74) is 14.1. The first kappa shape index (κ1) is 16.6. The van der Waals surface area contributed by atoms with Crippen molar-refractivity contribution in [3.63, 3.8) is 0 Å². The predicted molar refractivity (Wildman–Crippen MR) is 88.0 cm³/mol. The third kappa shape index (κ3) is 5.24. The van der Waals surface area contributed by atoms with Crippen LogP contribution in [0.25, 0.3) is 0 Å². The molecule has 0 saturated carbocycles. The predicted octanol–water partition coefficient (Wildman–Crippen LogP) is 2.59. The SMILES string of the molecule is CC(N)(OCCc1ccccc1)OC(CN)c1ccccc1.